The van der Waals surface area contributed by atoms with Gasteiger partial charge in [-0.3, -0.25) is 4.79 Å². The fraction of sp³-hybridized carbons (Fsp3) is 0.900. The Morgan fingerprint density at radius 2 is 1.85 bits per heavy atom. The molecule has 0 unspecified atom stereocenters. The number of likely N-dealkylation sites (tertiary alicyclic amines) is 1. The van der Waals surface area contributed by atoms with Crippen molar-refractivity contribution < 1.29 is 9.90 Å². The molecule has 74 valence electrons. The van der Waals surface area contributed by atoms with E-state index >= 15 is 0 Å². The normalized spacial score (nSPS) is 24.8. The van der Waals surface area contributed by atoms with E-state index in [0.717, 1.165) is 32.4 Å². The van der Waals surface area contributed by atoms with Gasteiger partial charge in [0.05, 0.1) is 6.10 Å². The Bertz CT molecular complexity index is 193. The van der Waals surface area contributed by atoms with Gasteiger partial charge < -0.3 is 10.0 Å². The quantitative estimate of drug-likeness (QED) is 0.687. The van der Waals surface area contributed by atoms with Gasteiger partial charge in [-0.05, 0) is 31.6 Å². The second kappa shape index (κ2) is 3.66. The summed E-state index contributed by atoms with van der Waals surface area (Å²) in [5.41, 5.74) is 0. The Morgan fingerprint density at radius 3 is 2.38 bits per heavy atom. The van der Waals surface area contributed by atoms with Crippen LogP contribution in [0.3, 0.4) is 0 Å². The van der Waals surface area contributed by atoms with E-state index < -0.39 is 0 Å². The van der Waals surface area contributed by atoms with Crippen molar-refractivity contribution in [3.05, 3.63) is 0 Å². The lowest BCUT2D eigenvalue weighted by Crippen LogP contribution is -2.40. The van der Waals surface area contributed by atoms with Crippen molar-refractivity contribution in [1.29, 1.82) is 0 Å². The monoisotopic (exact) mass is 183 g/mol. The van der Waals surface area contributed by atoms with Crippen LogP contribution in [0.25, 0.3) is 0 Å². The first-order valence-corrected chi connectivity index (χ1v) is 5.21. The molecule has 0 aromatic rings. The van der Waals surface area contributed by atoms with Crippen molar-refractivity contribution >= 4 is 5.91 Å². The Morgan fingerprint density at radius 1 is 1.23 bits per heavy atom. The van der Waals surface area contributed by atoms with Gasteiger partial charge in [-0.25, -0.2) is 0 Å². The van der Waals surface area contributed by atoms with Gasteiger partial charge in [-0.15, -0.1) is 0 Å². The molecule has 3 heteroatoms. The van der Waals surface area contributed by atoms with E-state index in [-0.39, 0.29) is 6.10 Å². The first-order chi connectivity index (χ1) is 6.25. The number of rotatable bonds is 2. The lowest BCUT2D eigenvalue weighted by atomic mass is 10.1. The number of hydrogen-bond acceptors (Lipinski definition) is 2. The van der Waals surface area contributed by atoms with Gasteiger partial charge in [0, 0.05) is 19.5 Å². The van der Waals surface area contributed by atoms with Crippen LogP contribution in [0.4, 0.5) is 0 Å². The third-order valence-electron chi connectivity index (χ3n) is 2.98. The summed E-state index contributed by atoms with van der Waals surface area (Å²) in [6, 6.07) is 0. The van der Waals surface area contributed by atoms with Gasteiger partial charge in [0.2, 0.25) is 5.91 Å². The highest BCUT2D eigenvalue weighted by Gasteiger charge is 2.28. The summed E-state index contributed by atoms with van der Waals surface area (Å²) < 4.78 is 0. The minimum atomic E-state index is -0.176. The number of aliphatic hydroxyl groups excluding tert-OH is 1. The molecule has 1 N–H and O–H groups in total. The van der Waals surface area contributed by atoms with Crippen molar-refractivity contribution in [2.45, 2.75) is 38.2 Å². The smallest absolute Gasteiger partial charge is 0.222 e. The Balaban J connectivity index is 1.75. The molecule has 2 rings (SSSR count). The molecule has 1 saturated carbocycles. The molecule has 0 radical (unpaired) electrons. The third-order valence-corrected chi connectivity index (χ3v) is 2.98. The van der Waals surface area contributed by atoms with E-state index in [0.29, 0.717) is 11.8 Å². The number of nitrogens with zero attached hydrogens (tertiary/aromatic N) is 1. The Labute approximate surface area is 78.7 Å². The molecule has 0 spiro atoms. The first kappa shape index (κ1) is 9.00. The molecule has 0 bridgehead atoms. The number of amides is 1. The van der Waals surface area contributed by atoms with Crippen LogP contribution in [0, 0.1) is 5.92 Å². The topological polar surface area (TPSA) is 40.5 Å². The lowest BCUT2D eigenvalue weighted by Gasteiger charge is -2.29. The van der Waals surface area contributed by atoms with Gasteiger partial charge in [0.15, 0.2) is 0 Å². The number of carbonyl (C=O) groups excluding carboxylic acids is 1. The largest absolute Gasteiger partial charge is 0.393 e. The third kappa shape index (κ3) is 2.44. The highest BCUT2D eigenvalue weighted by atomic mass is 16.3. The maximum absolute atomic E-state index is 11.6. The van der Waals surface area contributed by atoms with Gasteiger partial charge >= 0.3 is 0 Å². The molecule has 1 heterocycles. The summed E-state index contributed by atoms with van der Waals surface area (Å²) in [5.74, 6) is 0.980. The molecular weight excluding hydrogens is 166 g/mol. The fourth-order valence-corrected chi connectivity index (χ4v) is 1.81. The van der Waals surface area contributed by atoms with E-state index in [1.165, 1.54) is 12.8 Å². The molecule has 1 saturated heterocycles. The van der Waals surface area contributed by atoms with E-state index in [1.54, 1.807) is 0 Å². The summed E-state index contributed by atoms with van der Waals surface area (Å²) in [6.07, 6.45) is 4.57. The van der Waals surface area contributed by atoms with Crippen LogP contribution in [-0.4, -0.2) is 35.1 Å². The second-order valence-corrected chi connectivity index (χ2v) is 4.26. The fourth-order valence-electron chi connectivity index (χ4n) is 1.81. The van der Waals surface area contributed by atoms with Gasteiger partial charge in [-0.1, -0.05) is 0 Å². The number of carbonyl (C=O) groups is 1. The van der Waals surface area contributed by atoms with Crippen LogP contribution in [0.2, 0.25) is 0 Å². The molecule has 2 fully saturated rings. The van der Waals surface area contributed by atoms with Gasteiger partial charge in [0.25, 0.3) is 0 Å². The summed E-state index contributed by atoms with van der Waals surface area (Å²) in [4.78, 5) is 13.5. The molecule has 0 aromatic carbocycles. The molecule has 0 atom stereocenters. The number of piperidine rings is 1. The van der Waals surface area contributed by atoms with E-state index in [2.05, 4.69) is 0 Å². The SMILES string of the molecule is O=C(CC1CC1)N1CCC(O)CC1. The van der Waals surface area contributed by atoms with Crippen LogP contribution >= 0.6 is 0 Å². The minimum absolute atomic E-state index is 0.176. The molecule has 0 aromatic heterocycles. The first-order valence-electron chi connectivity index (χ1n) is 5.21. The predicted molar refractivity (Wildman–Crippen MR) is 49.2 cm³/mol. The standard InChI is InChI=1S/C10H17NO2/c12-9-3-5-11(6-4-9)10(13)7-8-1-2-8/h8-9,12H,1-7H2. The average molecular weight is 183 g/mol. The van der Waals surface area contributed by atoms with Gasteiger partial charge in [0.1, 0.15) is 0 Å². The van der Waals surface area contributed by atoms with Crippen LogP contribution in [-0.2, 0) is 4.79 Å². The van der Waals surface area contributed by atoms with Gasteiger partial charge in [-0.2, -0.15) is 0 Å². The molecule has 13 heavy (non-hydrogen) atoms. The molecule has 2 aliphatic rings. The molecule has 1 aliphatic carbocycles. The van der Waals surface area contributed by atoms with Crippen LogP contribution in [0.5, 0.6) is 0 Å². The predicted octanol–water partition coefficient (Wildman–Crippen LogP) is 0.770. The zero-order chi connectivity index (χ0) is 9.26. The van der Waals surface area contributed by atoms with Crippen LogP contribution in [0.15, 0.2) is 0 Å². The molecule has 3 nitrogen and oxygen atoms in total. The van der Waals surface area contributed by atoms with E-state index in [4.69, 9.17) is 0 Å². The van der Waals surface area contributed by atoms with E-state index in [9.17, 15) is 9.90 Å². The lowest BCUT2D eigenvalue weighted by molar-refractivity contribution is -0.133. The van der Waals surface area contributed by atoms with Crippen molar-refractivity contribution in [3.63, 3.8) is 0 Å². The maximum Gasteiger partial charge on any atom is 0.222 e. The molecule has 1 aliphatic heterocycles. The summed E-state index contributed by atoms with van der Waals surface area (Å²) in [5, 5.41) is 9.26. The molecular formula is C10H17NO2. The minimum Gasteiger partial charge on any atom is -0.393 e. The number of aliphatic hydroxyl groups is 1. The maximum atomic E-state index is 11.6. The number of hydrogen-bond donors (Lipinski definition) is 1. The highest BCUT2D eigenvalue weighted by molar-refractivity contribution is 5.76. The second-order valence-electron chi connectivity index (χ2n) is 4.26. The zero-order valence-corrected chi connectivity index (χ0v) is 7.91. The zero-order valence-electron chi connectivity index (χ0n) is 7.91. The highest BCUT2D eigenvalue weighted by Crippen LogP contribution is 2.33. The summed E-state index contributed by atoms with van der Waals surface area (Å²) >= 11 is 0. The van der Waals surface area contributed by atoms with Crippen molar-refractivity contribution in [2.24, 2.45) is 5.92 Å². The Hall–Kier alpha value is -0.570. The summed E-state index contributed by atoms with van der Waals surface area (Å²) in [6.45, 7) is 1.51. The van der Waals surface area contributed by atoms with E-state index in [1.807, 2.05) is 4.90 Å². The van der Waals surface area contributed by atoms with Crippen LogP contribution in [0.1, 0.15) is 32.1 Å². The van der Waals surface area contributed by atoms with Crippen molar-refractivity contribution in [1.82, 2.24) is 4.90 Å². The average Bonchev–Trinajstić information content (AvgIpc) is 2.89. The van der Waals surface area contributed by atoms with Crippen LogP contribution < -0.4 is 0 Å². The summed E-state index contributed by atoms with van der Waals surface area (Å²) in [7, 11) is 0. The van der Waals surface area contributed by atoms with Crippen molar-refractivity contribution in [2.75, 3.05) is 13.1 Å². The molecule has 1 amide bonds. The Kier molecular flexibility index (Phi) is 2.54. The van der Waals surface area contributed by atoms with Crippen molar-refractivity contribution in [3.8, 4) is 0 Å².